The first-order valence-electron chi connectivity index (χ1n) is 7.95. The van der Waals surface area contributed by atoms with Crippen LogP contribution in [0.2, 0.25) is 10.0 Å². The van der Waals surface area contributed by atoms with E-state index in [1.165, 1.54) is 0 Å². The van der Waals surface area contributed by atoms with Gasteiger partial charge >= 0.3 is 0 Å². The highest BCUT2D eigenvalue weighted by Crippen LogP contribution is 2.26. The fourth-order valence-corrected chi connectivity index (χ4v) is 2.90. The summed E-state index contributed by atoms with van der Waals surface area (Å²) in [4.78, 5) is 10.6. The van der Waals surface area contributed by atoms with Crippen LogP contribution in [-0.4, -0.2) is 32.1 Å². The van der Waals surface area contributed by atoms with Crippen molar-refractivity contribution >= 4 is 59.0 Å². The van der Waals surface area contributed by atoms with Crippen molar-refractivity contribution in [2.24, 2.45) is 4.99 Å². The van der Waals surface area contributed by atoms with E-state index in [1.54, 1.807) is 19.3 Å². The third-order valence-corrected chi connectivity index (χ3v) is 4.30. The Morgan fingerprint density at radius 1 is 1.23 bits per heavy atom. The maximum atomic E-state index is 6.27. The van der Waals surface area contributed by atoms with Crippen molar-refractivity contribution in [3.8, 4) is 0 Å². The molecule has 5 nitrogen and oxygen atoms in total. The Morgan fingerprint density at radius 2 is 1.96 bits per heavy atom. The number of aromatic nitrogens is 1. The van der Waals surface area contributed by atoms with Crippen LogP contribution in [0.15, 0.2) is 41.5 Å². The molecule has 1 aromatic heterocycles. The van der Waals surface area contributed by atoms with Gasteiger partial charge in [-0.25, -0.2) is 4.98 Å². The minimum atomic E-state index is -0.00857. The SMILES string of the molecule is CN=C(NCc1ccnc(N(C)C)c1)NC(C)c1ccc(Cl)cc1Cl.I. The van der Waals surface area contributed by atoms with Gasteiger partial charge in [-0.1, -0.05) is 29.3 Å². The highest BCUT2D eigenvalue weighted by Gasteiger charge is 2.12. The van der Waals surface area contributed by atoms with Gasteiger partial charge in [0.1, 0.15) is 5.82 Å². The number of hydrogen-bond donors (Lipinski definition) is 2. The lowest BCUT2D eigenvalue weighted by atomic mass is 10.1. The summed E-state index contributed by atoms with van der Waals surface area (Å²) in [6.07, 6.45) is 1.80. The van der Waals surface area contributed by atoms with Crippen LogP contribution < -0.4 is 15.5 Å². The molecule has 2 aromatic rings. The minimum absolute atomic E-state index is 0. The Kier molecular flexibility index (Phi) is 9.46. The molecule has 0 aliphatic heterocycles. The molecule has 1 heterocycles. The molecule has 0 fully saturated rings. The van der Waals surface area contributed by atoms with Crippen molar-refractivity contribution in [3.63, 3.8) is 0 Å². The second-order valence-corrected chi connectivity index (χ2v) is 6.72. The number of nitrogens with one attached hydrogen (secondary N) is 2. The van der Waals surface area contributed by atoms with E-state index < -0.39 is 0 Å². The fourth-order valence-electron chi connectivity index (χ4n) is 2.33. The van der Waals surface area contributed by atoms with Crippen LogP contribution in [0, 0.1) is 0 Å². The molecule has 0 spiro atoms. The summed E-state index contributed by atoms with van der Waals surface area (Å²) < 4.78 is 0. The third-order valence-electron chi connectivity index (χ3n) is 3.73. The molecule has 1 atom stereocenters. The minimum Gasteiger partial charge on any atom is -0.363 e. The summed E-state index contributed by atoms with van der Waals surface area (Å²) in [7, 11) is 5.68. The van der Waals surface area contributed by atoms with E-state index in [1.807, 2.05) is 50.2 Å². The molecule has 2 rings (SSSR count). The van der Waals surface area contributed by atoms with E-state index in [2.05, 4.69) is 20.6 Å². The molecule has 0 aliphatic carbocycles. The molecule has 0 saturated carbocycles. The second-order valence-electron chi connectivity index (χ2n) is 5.87. The van der Waals surface area contributed by atoms with Gasteiger partial charge in [-0.05, 0) is 42.3 Å². The zero-order chi connectivity index (χ0) is 18.4. The van der Waals surface area contributed by atoms with Gasteiger partial charge in [-0.2, -0.15) is 0 Å². The van der Waals surface area contributed by atoms with E-state index in [4.69, 9.17) is 23.2 Å². The third kappa shape index (κ3) is 6.48. The Hall–Kier alpha value is -1.25. The van der Waals surface area contributed by atoms with E-state index in [-0.39, 0.29) is 30.0 Å². The van der Waals surface area contributed by atoms with Crippen LogP contribution in [0.4, 0.5) is 5.82 Å². The predicted octanol–water partition coefficient (Wildman–Crippen LogP) is 4.50. The van der Waals surface area contributed by atoms with E-state index in [0.29, 0.717) is 22.5 Å². The van der Waals surface area contributed by atoms with Gasteiger partial charge in [0.05, 0.1) is 6.04 Å². The van der Waals surface area contributed by atoms with Crippen molar-refractivity contribution < 1.29 is 0 Å². The summed E-state index contributed by atoms with van der Waals surface area (Å²) in [6.45, 7) is 2.67. The Bertz CT molecular complexity index is 752. The van der Waals surface area contributed by atoms with E-state index >= 15 is 0 Å². The number of rotatable bonds is 5. The standard InChI is InChI=1S/C18H23Cl2N5.HI/c1-12(15-6-5-14(19)10-16(15)20)24-18(21-2)23-11-13-7-8-22-17(9-13)25(3)4;/h5-10,12H,11H2,1-4H3,(H2,21,23,24);1H. The maximum Gasteiger partial charge on any atom is 0.191 e. The lowest BCUT2D eigenvalue weighted by Gasteiger charge is -2.20. The van der Waals surface area contributed by atoms with E-state index in [9.17, 15) is 0 Å². The van der Waals surface area contributed by atoms with Crippen molar-refractivity contribution in [1.82, 2.24) is 15.6 Å². The van der Waals surface area contributed by atoms with Gasteiger partial charge in [0.25, 0.3) is 0 Å². The molecule has 8 heteroatoms. The molecule has 0 aliphatic rings. The van der Waals surface area contributed by atoms with Gasteiger partial charge in [0, 0.05) is 43.9 Å². The Labute approximate surface area is 182 Å². The largest absolute Gasteiger partial charge is 0.363 e. The molecule has 26 heavy (non-hydrogen) atoms. The molecule has 142 valence electrons. The first-order chi connectivity index (χ1) is 11.9. The molecule has 1 unspecified atom stereocenters. The monoisotopic (exact) mass is 507 g/mol. The number of hydrogen-bond acceptors (Lipinski definition) is 3. The van der Waals surface area contributed by atoms with Crippen LogP contribution in [0.5, 0.6) is 0 Å². The molecule has 0 radical (unpaired) electrons. The van der Waals surface area contributed by atoms with Crippen molar-refractivity contribution in [1.29, 1.82) is 0 Å². The van der Waals surface area contributed by atoms with Gasteiger partial charge in [-0.3, -0.25) is 4.99 Å². The summed E-state index contributed by atoms with van der Waals surface area (Å²) in [6, 6.07) is 9.50. The average Bonchev–Trinajstić information content (AvgIpc) is 2.58. The quantitative estimate of drug-likeness (QED) is 0.355. The van der Waals surface area contributed by atoms with E-state index in [0.717, 1.165) is 16.9 Å². The first-order valence-corrected chi connectivity index (χ1v) is 8.70. The summed E-state index contributed by atoms with van der Waals surface area (Å²) >= 11 is 12.2. The maximum absolute atomic E-state index is 6.27. The van der Waals surface area contributed by atoms with Crippen LogP contribution in [-0.2, 0) is 6.54 Å². The first kappa shape index (κ1) is 22.8. The number of halogens is 3. The molecular weight excluding hydrogens is 484 g/mol. The molecule has 2 N–H and O–H groups in total. The number of aliphatic imine (C=N–C) groups is 1. The number of nitrogens with zero attached hydrogens (tertiary/aromatic N) is 3. The lowest BCUT2D eigenvalue weighted by molar-refractivity contribution is 0.685. The summed E-state index contributed by atoms with van der Waals surface area (Å²) in [5, 5.41) is 7.90. The topological polar surface area (TPSA) is 52.6 Å². The average molecular weight is 508 g/mol. The Balaban J connectivity index is 0.00000338. The smallest absolute Gasteiger partial charge is 0.191 e. The number of benzene rings is 1. The number of guanidine groups is 1. The van der Waals surface area contributed by atoms with Crippen LogP contribution in [0.1, 0.15) is 24.1 Å². The van der Waals surface area contributed by atoms with Crippen LogP contribution in [0.3, 0.4) is 0 Å². The zero-order valence-electron chi connectivity index (χ0n) is 15.3. The van der Waals surface area contributed by atoms with Crippen molar-refractivity contribution in [3.05, 3.63) is 57.7 Å². The second kappa shape index (κ2) is 10.8. The van der Waals surface area contributed by atoms with Crippen LogP contribution >= 0.6 is 47.2 Å². The van der Waals surface area contributed by atoms with Gasteiger partial charge < -0.3 is 15.5 Å². The highest BCUT2D eigenvalue weighted by molar-refractivity contribution is 14.0. The van der Waals surface area contributed by atoms with Gasteiger partial charge in [0.2, 0.25) is 0 Å². The molecule has 0 bridgehead atoms. The molecule has 0 saturated heterocycles. The van der Waals surface area contributed by atoms with Gasteiger partial charge in [0.15, 0.2) is 5.96 Å². The Morgan fingerprint density at radius 3 is 2.58 bits per heavy atom. The molecule has 1 aromatic carbocycles. The van der Waals surface area contributed by atoms with Crippen LogP contribution in [0.25, 0.3) is 0 Å². The molecular formula is C18H24Cl2IN5. The van der Waals surface area contributed by atoms with Crippen molar-refractivity contribution in [2.45, 2.75) is 19.5 Å². The van der Waals surface area contributed by atoms with Crippen molar-refractivity contribution in [2.75, 3.05) is 26.0 Å². The summed E-state index contributed by atoms with van der Waals surface area (Å²) in [5.41, 5.74) is 2.09. The normalized spacial score (nSPS) is 12.2. The zero-order valence-corrected chi connectivity index (χ0v) is 19.1. The van der Waals surface area contributed by atoms with Gasteiger partial charge in [-0.15, -0.1) is 24.0 Å². The highest BCUT2D eigenvalue weighted by atomic mass is 127. The summed E-state index contributed by atoms with van der Waals surface area (Å²) in [5.74, 6) is 1.62. The lowest BCUT2D eigenvalue weighted by Crippen LogP contribution is -2.38. The fraction of sp³-hybridized carbons (Fsp3) is 0.333. The molecule has 0 amide bonds. The number of anilines is 1. The predicted molar refractivity (Wildman–Crippen MR) is 122 cm³/mol. The number of pyridine rings is 1.